The molecule has 0 atom stereocenters. The van der Waals surface area contributed by atoms with Gasteiger partial charge in [-0.3, -0.25) is 0 Å². The van der Waals surface area contributed by atoms with Crippen molar-refractivity contribution in [1.29, 1.82) is 0 Å². The Bertz CT molecular complexity index is 578. The van der Waals surface area contributed by atoms with Crippen molar-refractivity contribution in [1.82, 2.24) is 4.98 Å². The minimum atomic E-state index is 0.617. The van der Waals surface area contributed by atoms with E-state index in [9.17, 15) is 0 Å². The Morgan fingerprint density at radius 2 is 2.16 bits per heavy atom. The predicted octanol–water partition coefficient (Wildman–Crippen LogP) is 3.55. The van der Waals surface area contributed by atoms with Gasteiger partial charge < -0.3 is 10.1 Å². The molecule has 19 heavy (non-hydrogen) atoms. The van der Waals surface area contributed by atoms with Crippen molar-refractivity contribution in [2.24, 2.45) is 0 Å². The van der Waals surface area contributed by atoms with E-state index in [0.717, 1.165) is 29.0 Å². The van der Waals surface area contributed by atoms with Crippen LogP contribution in [-0.2, 0) is 4.74 Å². The van der Waals surface area contributed by atoms with Crippen LogP contribution in [-0.4, -0.2) is 24.7 Å². The van der Waals surface area contributed by atoms with Crippen LogP contribution in [0, 0.1) is 6.92 Å². The van der Waals surface area contributed by atoms with Crippen LogP contribution in [0.4, 0.5) is 5.82 Å². The Balaban J connectivity index is 1.96. The molecule has 1 heterocycles. The van der Waals surface area contributed by atoms with Crippen molar-refractivity contribution in [3.05, 3.63) is 48.0 Å². The van der Waals surface area contributed by atoms with Crippen LogP contribution < -0.4 is 5.32 Å². The van der Waals surface area contributed by atoms with Crippen LogP contribution in [0.25, 0.3) is 10.9 Å². The number of anilines is 1. The van der Waals surface area contributed by atoms with Gasteiger partial charge in [0.25, 0.3) is 0 Å². The van der Waals surface area contributed by atoms with E-state index in [-0.39, 0.29) is 0 Å². The topological polar surface area (TPSA) is 34.1 Å². The lowest BCUT2D eigenvalue weighted by molar-refractivity contribution is 0.167. The zero-order valence-electron chi connectivity index (χ0n) is 11.6. The van der Waals surface area contributed by atoms with Crippen LogP contribution in [0.3, 0.4) is 0 Å². The molecule has 0 amide bonds. The molecule has 1 N–H and O–H groups in total. The summed E-state index contributed by atoms with van der Waals surface area (Å²) in [5.74, 6) is 0.928. The molecule has 1 aromatic heterocycles. The molecule has 0 aliphatic heterocycles. The van der Waals surface area contributed by atoms with E-state index in [0.29, 0.717) is 13.2 Å². The first-order chi connectivity index (χ1) is 9.16. The number of hydrogen-bond donors (Lipinski definition) is 1. The Hall–Kier alpha value is -1.87. The quantitative estimate of drug-likeness (QED) is 0.634. The van der Waals surface area contributed by atoms with Gasteiger partial charge in [-0.05, 0) is 31.5 Å². The van der Waals surface area contributed by atoms with Crippen molar-refractivity contribution < 1.29 is 4.74 Å². The highest BCUT2D eigenvalue weighted by Gasteiger charge is 2.02. The van der Waals surface area contributed by atoms with Gasteiger partial charge >= 0.3 is 0 Å². The largest absolute Gasteiger partial charge is 0.375 e. The van der Waals surface area contributed by atoms with Gasteiger partial charge in [0.2, 0.25) is 0 Å². The number of fused-ring (bicyclic) bond motifs is 1. The smallest absolute Gasteiger partial charge is 0.129 e. The van der Waals surface area contributed by atoms with Crippen LogP contribution in [0.2, 0.25) is 0 Å². The number of rotatable bonds is 6. The average molecular weight is 256 g/mol. The monoisotopic (exact) mass is 256 g/mol. The highest BCUT2D eigenvalue weighted by Crippen LogP contribution is 2.19. The summed E-state index contributed by atoms with van der Waals surface area (Å²) < 4.78 is 5.45. The van der Waals surface area contributed by atoms with E-state index in [4.69, 9.17) is 4.74 Å². The molecular weight excluding hydrogens is 236 g/mol. The molecule has 0 fully saturated rings. The van der Waals surface area contributed by atoms with Crippen molar-refractivity contribution in [3.63, 3.8) is 0 Å². The van der Waals surface area contributed by atoms with Gasteiger partial charge in [0.05, 0.1) is 18.7 Å². The van der Waals surface area contributed by atoms with Crippen LogP contribution in [0.1, 0.15) is 12.5 Å². The summed E-state index contributed by atoms with van der Waals surface area (Å²) in [6, 6.07) is 10.3. The Morgan fingerprint density at radius 1 is 1.37 bits per heavy atom. The third-order valence-corrected chi connectivity index (χ3v) is 2.80. The molecule has 0 aliphatic carbocycles. The Kier molecular flexibility index (Phi) is 4.53. The zero-order valence-corrected chi connectivity index (χ0v) is 11.6. The first-order valence-corrected chi connectivity index (χ1v) is 6.49. The summed E-state index contributed by atoms with van der Waals surface area (Å²) in [4.78, 5) is 4.62. The fourth-order valence-corrected chi connectivity index (χ4v) is 1.89. The molecular formula is C16H20N2O. The minimum absolute atomic E-state index is 0.617. The number of hydrogen-bond acceptors (Lipinski definition) is 3. The SMILES string of the molecule is C=C(C)COCCNc1nc2ccccc2cc1C. The number of para-hydroxylation sites is 1. The van der Waals surface area contributed by atoms with E-state index in [1.165, 1.54) is 5.39 Å². The van der Waals surface area contributed by atoms with Crippen molar-refractivity contribution >= 4 is 16.7 Å². The summed E-state index contributed by atoms with van der Waals surface area (Å²) in [6.45, 7) is 9.85. The summed E-state index contributed by atoms with van der Waals surface area (Å²) in [7, 11) is 0. The molecule has 0 aliphatic rings. The van der Waals surface area contributed by atoms with E-state index in [2.05, 4.69) is 35.9 Å². The summed E-state index contributed by atoms with van der Waals surface area (Å²) >= 11 is 0. The number of ether oxygens (including phenoxy) is 1. The second-order valence-electron chi connectivity index (χ2n) is 4.78. The van der Waals surface area contributed by atoms with Crippen LogP contribution >= 0.6 is 0 Å². The maximum absolute atomic E-state index is 5.45. The highest BCUT2D eigenvalue weighted by atomic mass is 16.5. The molecule has 2 aromatic rings. The summed E-state index contributed by atoms with van der Waals surface area (Å²) in [6.07, 6.45) is 0. The third-order valence-electron chi connectivity index (χ3n) is 2.80. The molecule has 1 aromatic carbocycles. The number of benzene rings is 1. The maximum Gasteiger partial charge on any atom is 0.129 e. The summed E-state index contributed by atoms with van der Waals surface area (Å²) in [5, 5.41) is 4.48. The van der Waals surface area contributed by atoms with E-state index < -0.39 is 0 Å². The van der Waals surface area contributed by atoms with Crippen LogP contribution in [0.15, 0.2) is 42.5 Å². The first kappa shape index (κ1) is 13.6. The van der Waals surface area contributed by atoms with E-state index in [1.807, 2.05) is 25.1 Å². The van der Waals surface area contributed by atoms with Crippen LogP contribution in [0.5, 0.6) is 0 Å². The van der Waals surface area contributed by atoms with Gasteiger partial charge in [-0.15, -0.1) is 0 Å². The lowest BCUT2D eigenvalue weighted by atomic mass is 10.1. The molecule has 3 heteroatoms. The maximum atomic E-state index is 5.45. The average Bonchev–Trinajstić information content (AvgIpc) is 2.38. The molecule has 0 spiro atoms. The predicted molar refractivity (Wildman–Crippen MR) is 80.6 cm³/mol. The van der Waals surface area contributed by atoms with Crippen molar-refractivity contribution in [2.75, 3.05) is 25.1 Å². The summed E-state index contributed by atoms with van der Waals surface area (Å²) in [5.41, 5.74) is 3.21. The van der Waals surface area contributed by atoms with Gasteiger partial charge in [-0.25, -0.2) is 4.98 Å². The number of nitrogens with zero attached hydrogens (tertiary/aromatic N) is 1. The van der Waals surface area contributed by atoms with E-state index in [1.54, 1.807) is 0 Å². The van der Waals surface area contributed by atoms with Crippen molar-refractivity contribution in [3.8, 4) is 0 Å². The van der Waals surface area contributed by atoms with Gasteiger partial charge in [0, 0.05) is 11.9 Å². The molecule has 0 unspecified atom stereocenters. The fourth-order valence-electron chi connectivity index (χ4n) is 1.89. The Labute approximate surface area is 114 Å². The normalized spacial score (nSPS) is 10.6. The second kappa shape index (κ2) is 6.34. The first-order valence-electron chi connectivity index (χ1n) is 6.49. The van der Waals surface area contributed by atoms with Gasteiger partial charge in [-0.2, -0.15) is 0 Å². The Morgan fingerprint density at radius 3 is 2.95 bits per heavy atom. The molecule has 0 saturated heterocycles. The standard InChI is InChI=1S/C16H20N2O/c1-12(2)11-19-9-8-17-16-13(3)10-14-6-4-5-7-15(14)18-16/h4-7,10H,1,8-9,11H2,2-3H3,(H,17,18). The van der Waals surface area contributed by atoms with E-state index >= 15 is 0 Å². The lowest BCUT2D eigenvalue weighted by Crippen LogP contribution is -2.12. The molecule has 3 nitrogen and oxygen atoms in total. The van der Waals surface area contributed by atoms with Gasteiger partial charge in [-0.1, -0.05) is 30.4 Å². The second-order valence-corrected chi connectivity index (χ2v) is 4.78. The number of aryl methyl sites for hydroxylation is 1. The molecule has 0 radical (unpaired) electrons. The lowest BCUT2D eigenvalue weighted by Gasteiger charge is -2.10. The molecule has 2 rings (SSSR count). The molecule has 0 saturated carbocycles. The molecule has 100 valence electrons. The fraction of sp³-hybridized carbons (Fsp3) is 0.312. The molecule has 0 bridgehead atoms. The third kappa shape index (κ3) is 3.80. The van der Waals surface area contributed by atoms with Gasteiger partial charge in [0.1, 0.15) is 5.82 Å². The van der Waals surface area contributed by atoms with Crippen molar-refractivity contribution in [2.45, 2.75) is 13.8 Å². The zero-order chi connectivity index (χ0) is 13.7. The van der Waals surface area contributed by atoms with Gasteiger partial charge in [0.15, 0.2) is 0 Å². The number of nitrogens with one attached hydrogen (secondary N) is 1. The highest BCUT2D eigenvalue weighted by molar-refractivity contribution is 5.81. The number of aromatic nitrogens is 1. The minimum Gasteiger partial charge on any atom is -0.375 e. The number of pyridine rings is 1.